The molecule has 0 aromatic carbocycles. The highest BCUT2D eigenvalue weighted by molar-refractivity contribution is 5.80. The monoisotopic (exact) mass is 443 g/mol. The van der Waals surface area contributed by atoms with Crippen molar-refractivity contribution in [1.29, 1.82) is 0 Å². The summed E-state index contributed by atoms with van der Waals surface area (Å²) in [5, 5.41) is 32.4. The Labute approximate surface area is 192 Å². The van der Waals surface area contributed by atoms with E-state index in [0.717, 1.165) is 38.5 Å². The molecular formula is C26H53NO4. The van der Waals surface area contributed by atoms with Gasteiger partial charge in [0.25, 0.3) is 0 Å². The lowest BCUT2D eigenvalue weighted by molar-refractivity contribution is -0.131. The van der Waals surface area contributed by atoms with E-state index < -0.39 is 24.2 Å². The Balaban J connectivity index is 3.70. The number of nitrogens with one attached hydrogen (secondary N) is 1. The van der Waals surface area contributed by atoms with Gasteiger partial charge in [-0.1, -0.05) is 123 Å². The molecule has 186 valence electrons. The number of carbonyl (C=O) groups excluding carboxylic acids is 1. The summed E-state index contributed by atoms with van der Waals surface area (Å²) < 4.78 is 0. The molecule has 0 aromatic rings. The number of aliphatic hydroxyl groups is 3. The molecule has 0 saturated carbocycles. The summed E-state index contributed by atoms with van der Waals surface area (Å²) in [4.78, 5) is 12.1. The molecule has 0 spiro atoms. The maximum absolute atomic E-state index is 12.1. The predicted octanol–water partition coefficient (Wildman–Crippen LogP) is 5.64. The molecule has 0 heterocycles. The Morgan fingerprint density at radius 2 is 1.03 bits per heavy atom. The summed E-state index contributed by atoms with van der Waals surface area (Å²) in [7, 11) is 0. The van der Waals surface area contributed by atoms with Crippen LogP contribution in [0.2, 0.25) is 0 Å². The third-order valence-electron chi connectivity index (χ3n) is 6.23. The van der Waals surface area contributed by atoms with E-state index in [0.29, 0.717) is 12.8 Å². The van der Waals surface area contributed by atoms with Crippen LogP contribution in [0.4, 0.5) is 0 Å². The number of unbranched alkanes of at least 4 members (excludes halogenated alkanes) is 15. The van der Waals surface area contributed by atoms with Crippen LogP contribution in [0.15, 0.2) is 0 Å². The second kappa shape index (κ2) is 22.5. The zero-order valence-electron chi connectivity index (χ0n) is 20.6. The lowest BCUT2D eigenvalue weighted by Crippen LogP contribution is -2.49. The zero-order valence-corrected chi connectivity index (χ0v) is 20.6. The molecule has 0 aliphatic carbocycles. The third-order valence-corrected chi connectivity index (χ3v) is 6.23. The number of rotatable bonds is 23. The number of amides is 1. The van der Waals surface area contributed by atoms with Crippen molar-refractivity contribution in [3.63, 3.8) is 0 Å². The minimum atomic E-state index is -1.06. The van der Waals surface area contributed by atoms with Gasteiger partial charge in [-0.3, -0.25) is 4.79 Å². The summed E-state index contributed by atoms with van der Waals surface area (Å²) in [6.45, 7) is 4.06. The van der Waals surface area contributed by atoms with Crippen molar-refractivity contribution in [1.82, 2.24) is 5.32 Å². The van der Waals surface area contributed by atoms with Gasteiger partial charge in [-0.15, -0.1) is 0 Å². The summed E-state index contributed by atoms with van der Waals surface area (Å²) in [5.41, 5.74) is 0. The fourth-order valence-corrected chi connectivity index (χ4v) is 4.01. The van der Waals surface area contributed by atoms with Crippen molar-refractivity contribution in [3.05, 3.63) is 0 Å². The molecule has 5 nitrogen and oxygen atoms in total. The fourth-order valence-electron chi connectivity index (χ4n) is 4.01. The molecule has 1 amide bonds. The van der Waals surface area contributed by atoms with E-state index in [4.69, 9.17) is 0 Å². The van der Waals surface area contributed by atoms with Gasteiger partial charge in [-0.25, -0.2) is 0 Å². The van der Waals surface area contributed by atoms with Gasteiger partial charge in [-0.2, -0.15) is 0 Å². The van der Waals surface area contributed by atoms with Gasteiger partial charge < -0.3 is 20.6 Å². The van der Waals surface area contributed by atoms with Gasteiger partial charge in [0.15, 0.2) is 0 Å². The van der Waals surface area contributed by atoms with Crippen molar-refractivity contribution in [2.24, 2.45) is 0 Å². The minimum absolute atomic E-state index is 0.312. The summed E-state index contributed by atoms with van der Waals surface area (Å²) in [6.07, 6.45) is 19.8. The van der Waals surface area contributed by atoms with E-state index >= 15 is 0 Å². The highest BCUT2D eigenvalue weighted by Gasteiger charge is 2.23. The first kappa shape index (κ1) is 30.4. The van der Waals surface area contributed by atoms with Gasteiger partial charge in [0.2, 0.25) is 5.91 Å². The van der Waals surface area contributed by atoms with Gasteiger partial charge >= 0.3 is 0 Å². The lowest BCUT2D eigenvalue weighted by Gasteiger charge is -2.23. The first-order chi connectivity index (χ1) is 15.1. The Kier molecular flexibility index (Phi) is 22.1. The highest BCUT2D eigenvalue weighted by atomic mass is 16.3. The van der Waals surface area contributed by atoms with Crippen LogP contribution in [0.5, 0.6) is 0 Å². The second-order valence-corrected chi connectivity index (χ2v) is 9.26. The number of hydrogen-bond donors (Lipinski definition) is 4. The van der Waals surface area contributed by atoms with Crippen molar-refractivity contribution < 1.29 is 20.1 Å². The molecular weight excluding hydrogens is 390 g/mol. The van der Waals surface area contributed by atoms with Crippen LogP contribution in [0, 0.1) is 0 Å². The molecule has 0 radical (unpaired) electrons. The van der Waals surface area contributed by atoms with Crippen molar-refractivity contribution in [2.45, 2.75) is 154 Å². The van der Waals surface area contributed by atoms with E-state index in [-0.39, 0.29) is 6.61 Å². The average Bonchev–Trinajstić information content (AvgIpc) is 2.77. The molecule has 3 atom stereocenters. The van der Waals surface area contributed by atoms with Gasteiger partial charge in [0, 0.05) is 0 Å². The Morgan fingerprint density at radius 1 is 0.645 bits per heavy atom. The second-order valence-electron chi connectivity index (χ2n) is 9.26. The van der Waals surface area contributed by atoms with Crippen LogP contribution in [-0.4, -0.2) is 46.1 Å². The molecule has 0 bridgehead atoms. The van der Waals surface area contributed by atoms with Crippen LogP contribution in [-0.2, 0) is 4.79 Å². The van der Waals surface area contributed by atoms with Crippen molar-refractivity contribution in [3.8, 4) is 0 Å². The molecule has 0 aromatic heterocycles. The summed E-state index contributed by atoms with van der Waals surface area (Å²) >= 11 is 0. The lowest BCUT2D eigenvalue weighted by atomic mass is 10.0. The minimum Gasteiger partial charge on any atom is -0.394 e. The quantitative estimate of drug-likeness (QED) is 0.154. The Bertz CT molecular complexity index is 392. The first-order valence-corrected chi connectivity index (χ1v) is 13.3. The largest absolute Gasteiger partial charge is 0.394 e. The molecule has 0 rings (SSSR count). The van der Waals surface area contributed by atoms with Crippen LogP contribution in [0.25, 0.3) is 0 Å². The van der Waals surface area contributed by atoms with E-state index in [2.05, 4.69) is 19.2 Å². The van der Waals surface area contributed by atoms with E-state index in [1.807, 2.05) is 0 Å². The molecule has 3 unspecified atom stereocenters. The SMILES string of the molecule is CCCCCCCCCCCCCCCC(O)C(CO)NC(=O)C(O)CCCCCC. The first-order valence-electron chi connectivity index (χ1n) is 13.3. The van der Waals surface area contributed by atoms with Crippen molar-refractivity contribution >= 4 is 5.91 Å². The maximum atomic E-state index is 12.1. The van der Waals surface area contributed by atoms with Gasteiger partial charge in [0.1, 0.15) is 6.10 Å². The van der Waals surface area contributed by atoms with E-state index in [1.54, 1.807) is 0 Å². The standard InChI is InChI=1S/C26H53NO4/c1-3-5-7-9-10-11-12-13-14-15-16-17-19-20-24(29)23(22-28)27-26(31)25(30)21-18-8-6-4-2/h23-25,28-30H,3-22H2,1-2H3,(H,27,31). The van der Waals surface area contributed by atoms with E-state index in [1.165, 1.54) is 70.6 Å². The highest BCUT2D eigenvalue weighted by Crippen LogP contribution is 2.14. The molecule has 5 heteroatoms. The normalized spacial score (nSPS) is 14.4. The number of carbonyl (C=O) groups is 1. The molecule has 0 fully saturated rings. The Hall–Kier alpha value is -0.650. The number of aliphatic hydroxyl groups excluding tert-OH is 3. The smallest absolute Gasteiger partial charge is 0.249 e. The molecule has 0 aliphatic rings. The predicted molar refractivity (Wildman–Crippen MR) is 130 cm³/mol. The van der Waals surface area contributed by atoms with Gasteiger partial charge in [-0.05, 0) is 12.8 Å². The molecule has 4 N–H and O–H groups in total. The molecule has 31 heavy (non-hydrogen) atoms. The summed E-state index contributed by atoms with van der Waals surface area (Å²) in [5.74, 6) is -0.486. The fraction of sp³-hybridized carbons (Fsp3) is 0.962. The summed E-state index contributed by atoms with van der Waals surface area (Å²) in [6, 6.07) is -0.699. The molecule has 0 saturated heterocycles. The zero-order chi connectivity index (χ0) is 23.2. The number of hydrogen-bond acceptors (Lipinski definition) is 4. The van der Waals surface area contributed by atoms with Crippen molar-refractivity contribution in [2.75, 3.05) is 6.61 Å². The van der Waals surface area contributed by atoms with Crippen LogP contribution >= 0.6 is 0 Å². The maximum Gasteiger partial charge on any atom is 0.249 e. The average molecular weight is 444 g/mol. The van der Waals surface area contributed by atoms with Crippen LogP contribution in [0.3, 0.4) is 0 Å². The molecule has 0 aliphatic heterocycles. The van der Waals surface area contributed by atoms with Crippen LogP contribution in [0.1, 0.15) is 136 Å². The van der Waals surface area contributed by atoms with E-state index in [9.17, 15) is 20.1 Å². The van der Waals surface area contributed by atoms with Gasteiger partial charge in [0.05, 0.1) is 18.8 Å². The van der Waals surface area contributed by atoms with Crippen LogP contribution < -0.4 is 5.32 Å². The third kappa shape index (κ3) is 18.6. The Morgan fingerprint density at radius 3 is 1.48 bits per heavy atom. The topological polar surface area (TPSA) is 89.8 Å².